The molecule has 0 saturated heterocycles. The summed E-state index contributed by atoms with van der Waals surface area (Å²) in [5.74, 6) is 0. The highest BCUT2D eigenvalue weighted by atomic mass is 16.5. The second kappa shape index (κ2) is 4.99. The maximum Gasteiger partial charge on any atom is 0.0218 e. The lowest BCUT2D eigenvalue weighted by molar-refractivity contribution is 0.429. The Balaban J connectivity index is 2.72. The van der Waals surface area contributed by atoms with E-state index in [4.69, 9.17) is 0 Å². The Kier molecular flexibility index (Phi) is 4.89. The summed E-state index contributed by atoms with van der Waals surface area (Å²) in [5, 5.41) is 11.0. The summed E-state index contributed by atoms with van der Waals surface area (Å²) in [6.45, 7) is 1.19. The van der Waals surface area contributed by atoms with Crippen molar-refractivity contribution >= 4 is 0 Å². The number of hydroxylamine groups is 2. The molecule has 0 atom stereocenters. The van der Waals surface area contributed by atoms with E-state index in [0.717, 1.165) is 5.06 Å². The van der Waals surface area contributed by atoms with Gasteiger partial charge in [-0.1, -0.05) is 0 Å². The van der Waals surface area contributed by atoms with Crippen molar-refractivity contribution in [1.82, 2.24) is 15.9 Å². The summed E-state index contributed by atoms with van der Waals surface area (Å²) >= 11 is 0. The molecule has 0 heterocycles. The molecule has 4 nitrogen and oxygen atoms in total. The normalized spacial score (nSPS) is 10.5. The molecule has 0 radical (unpaired) electrons. The Morgan fingerprint density at radius 1 is 1.62 bits per heavy atom. The highest BCUT2D eigenvalue weighted by Crippen LogP contribution is 1.69. The van der Waals surface area contributed by atoms with Crippen LogP contribution in [0.2, 0.25) is 0 Å². The van der Waals surface area contributed by atoms with Crippen LogP contribution >= 0.6 is 0 Å². The smallest absolute Gasteiger partial charge is 0.0218 e. The fourth-order valence-electron chi connectivity index (χ4n) is 0.338. The molecule has 50 valence electrons. The minimum absolute atomic E-state index is 0.515. The molecular formula is C4H12N3O-. The van der Waals surface area contributed by atoms with E-state index in [0.29, 0.717) is 13.1 Å². The zero-order valence-corrected chi connectivity index (χ0v) is 5.27. The third-order valence-corrected chi connectivity index (χ3v) is 0.728. The summed E-state index contributed by atoms with van der Waals surface area (Å²) in [5.41, 5.74) is 5.50. The number of likely N-dealkylation sites (N-methyl/N-ethyl adjacent to an activating group) is 1. The lowest BCUT2D eigenvalue weighted by atomic mass is 10.6. The lowest BCUT2D eigenvalue weighted by Crippen LogP contribution is -2.33. The first-order valence-corrected chi connectivity index (χ1v) is 2.55. The second-order valence-electron chi connectivity index (χ2n) is 1.53. The van der Waals surface area contributed by atoms with Crippen molar-refractivity contribution in [3.8, 4) is 0 Å². The van der Waals surface area contributed by atoms with E-state index >= 15 is 0 Å². The summed E-state index contributed by atoms with van der Waals surface area (Å²) in [6, 6.07) is 0. The van der Waals surface area contributed by atoms with Crippen molar-refractivity contribution in [3.63, 3.8) is 0 Å². The summed E-state index contributed by atoms with van der Waals surface area (Å²) < 4.78 is 0. The van der Waals surface area contributed by atoms with Crippen LogP contribution in [0.4, 0.5) is 0 Å². The van der Waals surface area contributed by atoms with Crippen molar-refractivity contribution < 1.29 is 0 Å². The number of rotatable bonds is 4. The quantitative estimate of drug-likeness (QED) is 0.372. The SMILES string of the molecule is CNNCCN(C)[O-]. The van der Waals surface area contributed by atoms with Crippen LogP contribution in [0.15, 0.2) is 0 Å². The Bertz CT molecular complexity index is 48.5. The third kappa shape index (κ3) is 5.84. The molecule has 0 unspecified atom stereocenters. The fourth-order valence-corrected chi connectivity index (χ4v) is 0.338. The molecule has 4 heteroatoms. The Morgan fingerprint density at radius 3 is 2.62 bits per heavy atom. The van der Waals surface area contributed by atoms with Gasteiger partial charge in [-0.2, -0.15) is 0 Å². The predicted molar refractivity (Wildman–Crippen MR) is 33.1 cm³/mol. The second-order valence-corrected chi connectivity index (χ2v) is 1.53. The molecular weight excluding hydrogens is 106 g/mol. The molecule has 0 fully saturated rings. The van der Waals surface area contributed by atoms with Gasteiger partial charge in [0.15, 0.2) is 0 Å². The standard InChI is InChI=1S/C4H12N3O/c1-5-6-3-4-7(2)8/h5-6H,3-4H2,1-2H3/q-1. The van der Waals surface area contributed by atoms with Gasteiger partial charge in [0, 0.05) is 6.54 Å². The molecule has 0 aromatic rings. The van der Waals surface area contributed by atoms with Crippen molar-refractivity contribution in [1.29, 1.82) is 0 Å². The molecule has 0 amide bonds. The average molecular weight is 118 g/mol. The number of nitrogens with one attached hydrogen (secondary N) is 2. The Morgan fingerprint density at radius 2 is 2.25 bits per heavy atom. The maximum absolute atomic E-state index is 10.2. The van der Waals surface area contributed by atoms with Gasteiger partial charge >= 0.3 is 0 Å². The number of hydrogen-bond donors (Lipinski definition) is 2. The number of hydrogen-bond acceptors (Lipinski definition) is 4. The van der Waals surface area contributed by atoms with Crippen molar-refractivity contribution in [2.24, 2.45) is 0 Å². The van der Waals surface area contributed by atoms with E-state index in [1.54, 1.807) is 7.05 Å². The molecule has 0 spiro atoms. The first-order valence-electron chi connectivity index (χ1n) is 2.55. The topological polar surface area (TPSA) is 50.4 Å². The molecule has 0 aromatic heterocycles. The molecule has 8 heavy (non-hydrogen) atoms. The van der Waals surface area contributed by atoms with Crippen LogP contribution in [0.3, 0.4) is 0 Å². The summed E-state index contributed by atoms with van der Waals surface area (Å²) in [7, 11) is 3.27. The van der Waals surface area contributed by atoms with Crippen LogP contribution in [0.5, 0.6) is 0 Å². The van der Waals surface area contributed by atoms with Crippen LogP contribution in [-0.4, -0.2) is 32.2 Å². The van der Waals surface area contributed by atoms with Gasteiger partial charge < -0.3 is 10.3 Å². The zero-order chi connectivity index (χ0) is 6.41. The summed E-state index contributed by atoms with van der Waals surface area (Å²) in [4.78, 5) is 0. The van der Waals surface area contributed by atoms with Gasteiger partial charge in [0.1, 0.15) is 0 Å². The monoisotopic (exact) mass is 118 g/mol. The summed E-state index contributed by atoms with van der Waals surface area (Å²) in [6.07, 6.45) is 0. The largest absolute Gasteiger partial charge is 0.785 e. The molecule has 0 aliphatic carbocycles. The van der Waals surface area contributed by atoms with Gasteiger partial charge in [0.25, 0.3) is 0 Å². The van der Waals surface area contributed by atoms with Crippen LogP contribution in [-0.2, 0) is 0 Å². The van der Waals surface area contributed by atoms with Gasteiger partial charge in [0.05, 0.1) is 0 Å². The maximum atomic E-state index is 10.2. The van der Waals surface area contributed by atoms with E-state index in [-0.39, 0.29) is 0 Å². The van der Waals surface area contributed by atoms with Crippen LogP contribution in [0, 0.1) is 5.21 Å². The predicted octanol–water partition coefficient (Wildman–Crippen LogP) is -0.860. The van der Waals surface area contributed by atoms with E-state index in [2.05, 4.69) is 10.9 Å². The average Bonchev–Trinajstić information content (AvgIpc) is 1.66. The fraction of sp³-hybridized carbons (Fsp3) is 1.00. The molecule has 0 saturated carbocycles. The molecule has 0 bridgehead atoms. The van der Waals surface area contributed by atoms with E-state index in [1.807, 2.05) is 0 Å². The van der Waals surface area contributed by atoms with Gasteiger partial charge in [-0.05, 0) is 20.6 Å². The molecule has 0 aliphatic heterocycles. The van der Waals surface area contributed by atoms with Crippen LogP contribution in [0.25, 0.3) is 0 Å². The lowest BCUT2D eigenvalue weighted by Gasteiger charge is -2.21. The highest BCUT2D eigenvalue weighted by Gasteiger charge is 1.79. The van der Waals surface area contributed by atoms with Crippen LogP contribution in [0.1, 0.15) is 0 Å². The Hall–Kier alpha value is -0.160. The molecule has 0 aliphatic rings. The van der Waals surface area contributed by atoms with E-state index in [1.165, 1.54) is 7.05 Å². The van der Waals surface area contributed by atoms with E-state index < -0.39 is 0 Å². The number of hydrazine groups is 1. The van der Waals surface area contributed by atoms with Crippen molar-refractivity contribution in [3.05, 3.63) is 5.21 Å². The van der Waals surface area contributed by atoms with Crippen molar-refractivity contribution in [2.75, 3.05) is 27.2 Å². The minimum atomic E-state index is 0.515. The van der Waals surface area contributed by atoms with Gasteiger partial charge in [0.2, 0.25) is 0 Å². The number of nitrogens with zero attached hydrogens (tertiary/aromatic N) is 1. The van der Waals surface area contributed by atoms with Gasteiger partial charge in [-0.15, -0.1) is 0 Å². The highest BCUT2D eigenvalue weighted by molar-refractivity contribution is 4.48. The Labute approximate surface area is 49.4 Å². The van der Waals surface area contributed by atoms with Gasteiger partial charge in [-0.25, -0.2) is 0 Å². The first-order chi connectivity index (χ1) is 3.77. The molecule has 2 N–H and O–H groups in total. The van der Waals surface area contributed by atoms with Gasteiger partial charge in [-0.3, -0.25) is 10.9 Å². The molecule has 0 rings (SSSR count). The van der Waals surface area contributed by atoms with Crippen molar-refractivity contribution in [2.45, 2.75) is 0 Å². The minimum Gasteiger partial charge on any atom is -0.785 e. The zero-order valence-electron chi connectivity index (χ0n) is 5.27. The molecule has 0 aromatic carbocycles. The van der Waals surface area contributed by atoms with Crippen LogP contribution < -0.4 is 10.9 Å². The van der Waals surface area contributed by atoms with E-state index in [9.17, 15) is 5.21 Å². The first kappa shape index (κ1) is 7.84. The third-order valence-electron chi connectivity index (χ3n) is 0.728.